The van der Waals surface area contributed by atoms with E-state index in [0.717, 1.165) is 18.5 Å². The Morgan fingerprint density at radius 1 is 1.35 bits per heavy atom. The van der Waals surface area contributed by atoms with Gasteiger partial charge < -0.3 is 9.73 Å². The molecule has 1 fully saturated rings. The number of carbonyl (C=O) groups is 2. The number of anilines is 1. The van der Waals surface area contributed by atoms with Crippen molar-refractivity contribution in [2.75, 3.05) is 5.32 Å². The SMILES string of the molecule is O=C(CCc1csc(NC(=O)c2ccco2)n1)NC1CCCC1. The van der Waals surface area contributed by atoms with E-state index in [-0.39, 0.29) is 17.6 Å². The van der Waals surface area contributed by atoms with Gasteiger partial charge in [0.2, 0.25) is 5.91 Å². The molecule has 2 N–H and O–H groups in total. The number of hydrogen-bond donors (Lipinski definition) is 2. The minimum Gasteiger partial charge on any atom is -0.459 e. The van der Waals surface area contributed by atoms with Gasteiger partial charge in [-0.1, -0.05) is 12.8 Å². The Kier molecular flexibility index (Phi) is 5.07. The number of hydrogen-bond acceptors (Lipinski definition) is 5. The number of nitrogens with zero attached hydrogens (tertiary/aromatic N) is 1. The summed E-state index contributed by atoms with van der Waals surface area (Å²) < 4.78 is 5.03. The van der Waals surface area contributed by atoms with Crippen LogP contribution >= 0.6 is 11.3 Å². The van der Waals surface area contributed by atoms with Crippen molar-refractivity contribution in [3.05, 3.63) is 35.2 Å². The van der Waals surface area contributed by atoms with Crippen molar-refractivity contribution in [2.24, 2.45) is 0 Å². The summed E-state index contributed by atoms with van der Waals surface area (Å²) in [6.45, 7) is 0. The second-order valence-electron chi connectivity index (χ2n) is 5.62. The Labute approximate surface area is 138 Å². The van der Waals surface area contributed by atoms with Crippen LogP contribution in [0, 0.1) is 0 Å². The fraction of sp³-hybridized carbons (Fsp3) is 0.438. The van der Waals surface area contributed by atoms with Crippen molar-refractivity contribution in [1.29, 1.82) is 0 Å². The zero-order valence-corrected chi connectivity index (χ0v) is 13.5. The molecule has 2 amide bonds. The van der Waals surface area contributed by atoms with Gasteiger partial charge in [-0.2, -0.15) is 0 Å². The molecular formula is C16H19N3O3S. The molecule has 23 heavy (non-hydrogen) atoms. The van der Waals surface area contributed by atoms with Crippen LogP contribution in [0.25, 0.3) is 0 Å². The zero-order valence-electron chi connectivity index (χ0n) is 12.7. The maximum absolute atomic E-state index is 11.9. The summed E-state index contributed by atoms with van der Waals surface area (Å²) in [5, 5.41) is 8.12. The number of aromatic nitrogens is 1. The van der Waals surface area contributed by atoms with Gasteiger partial charge in [0.1, 0.15) is 0 Å². The van der Waals surface area contributed by atoms with Crippen molar-refractivity contribution < 1.29 is 14.0 Å². The molecule has 122 valence electrons. The fourth-order valence-corrected chi connectivity index (χ4v) is 3.40. The molecule has 0 saturated heterocycles. The second kappa shape index (κ2) is 7.41. The van der Waals surface area contributed by atoms with Gasteiger partial charge in [0.15, 0.2) is 10.9 Å². The Morgan fingerprint density at radius 2 is 2.17 bits per heavy atom. The molecule has 1 saturated carbocycles. The van der Waals surface area contributed by atoms with E-state index in [4.69, 9.17) is 4.42 Å². The number of furan rings is 1. The summed E-state index contributed by atoms with van der Waals surface area (Å²) in [7, 11) is 0. The molecule has 7 heteroatoms. The van der Waals surface area contributed by atoms with Gasteiger partial charge in [0.25, 0.3) is 5.91 Å². The predicted octanol–water partition coefficient (Wildman–Crippen LogP) is 2.98. The fourth-order valence-electron chi connectivity index (χ4n) is 2.66. The average Bonchev–Trinajstić information content (AvgIpc) is 3.28. The molecule has 0 unspecified atom stereocenters. The highest BCUT2D eigenvalue weighted by atomic mass is 32.1. The van der Waals surface area contributed by atoms with Gasteiger partial charge in [-0.05, 0) is 31.4 Å². The van der Waals surface area contributed by atoms with E-state index >= 15 is 0 Å². The van der Waals surface area contributed by atoms with Gasteiger partial charge in [-0.3, -0.25) is 14.9 Å². The van der Waals surface area contributed by atoms with E-state index in [9.17, 15) is 9.59 Å². The van der Waals surface area contributed by atoms with Crippen molar-refractivity contribution >= 4 is 28.3 Å². The smallest absolute Gasteiger partial charge is 0.293 e. The van der Waals surface area contributed by atoms with Crippen LogP contribution in [0.2, 0.25) is 0 Å². The predicted molar refractivity (Wildman–Crippen MR) is 87.5 cm³/mol. The quantitative estimate of drug-likeness (QED) is 0.851. The van der Waals surface area contributed by atoms with E-state index < -0.39 is 0 Å². The molecule has 2 heterocycles. The molecule has 1 aliphatic carbocycles. The summed E-state index contributed by atoms with van der Waals surface area (Å²) in [5.41, 5.74) is 0.811. The van der Waals surface area contributed by atoms with E-state index in [2.05, 4.69) is 15.6 Å². The minimum atomic E-state index is -0.324. The summed E-state index contributed by atoms with van der Waals surface area (Å²) in [4.78, 5) is 28.1. The van der Waals surface area contributed by atoms with Crippen LogP contribution in [0.4, 0.5) is 5.13 Å². The molecule has 6 nitrogen and oxygen atoms in total. The number of nitrogens with one attached hydrogen (secondary N) is 2. The van der Waals surface area contributed by atoms with Crippen molar-refractivity contribution in [3.63, 3.8) is 0 Å². The first-order chi connectivity index (χ1) is 11.2. The number of aryl methyl sites for hydroxylation is 1. The summed E-state index contributed by atoms with van der Waals surface area (Å²) in [5.74, 6) is -0.00126. The van der Waals surface area contributed by atoms with E-state index in [0.29, 0.717) is 24.0 Å². The van der Waals surface area contributed by atoms with Crippen LogP contribution in [-0.2, 0) is 11.2 Å². The molecule has 2 aromatic heterocycles. The largest absolute Gasteiger partial charge is 0.459 e. The number of rotatable bonds is 6. The molecule has 3 rings (SSSR count). The lowest BCUT2D eigenvalue weighted by atomic mass is 10.2. The van der Waals surface area contributed by atoms with Crippen LogP contribution in [0.5, 0.6) is 0 Å². The maximum Gasteiger partial charge on any atom is 0.293 e. The lowest BCUT2D eigenvalue weighted by Crippen LogP contribution is -2.32. The van der Waals surface area contributed by atoms with Gasteiger partial charge in [-0.25, -0.2) is 4.98 Å². The molecule has 0 aliphatic heterocycles. The van der Waals surface area contributed by atoms with Gasteiger partial charge >= 0.3 is 0 Å². The lowest BCUT2D eigenvalue weighted by Gasteiger charge is -2.11. The normalized spacial score (nSPS) is 14.8. The molecule has 1 aliphatic rings. The first-order valence-corrected chi connectivity index (χ1v) is 8.67. The van der Waals surface area contributed by atoms with E-state index in [1.54, 1.807) is 12.1 Å². The third-order valence-corrected chi connectivity index (χ3v) is 4.65. The van der Waals surface area contributed by atoms with Crippen molar-refractivity contribution in [2.45, 2.75) is 44.6 Å². The third-order valence-electron chi connectivity index (χ3n) is 3.85. The Bertz CT molecular complexity index is 660. The monoisotopic (exact) mass is 333 g/mol. The number of thiazole rings is 1. The molecule has 2 aromatic rings. The molecule has 0 spiro atoms. The van der Waals surface area contributed by atoms with E-state index in [1.165, 1.54) is 30.4 Å². The highest BCUT2D eigenvalue weighted by Gasteiger charge is 2.17. The Balaban J connectivity index is 1.45. The second-order valence-corrected chi connectivity index (χ2v) is 6.48. The van der Waals surface area contributed by atoms with Crippen LogP contribution < -0.4 is 10.6 Å². The molecule has 0 atom stereocenters. The Morgan fingerprint density at radius 3 is 2.91 bits per heavy atom. The first-order valence-electron chi connectivity index (χ1n) is 7.79. The maximum atomic E-state index is 11.9. The van der Waals surface area contributed by atoms with Crippen LogP contribution in [0.1, 0.15) is 48.4 Å². The van der Waals surface area contributed by atoms with Crippen LogP contribution in [-0.4, -0.2) is 22.8 Å². The topological polar surface area (TPSA) is 84.2 Å². The minimum absolute atomic E-state index is 0.0751. The highest BCUT2D eigenvalue weighted by molar-refractivity contribution is 7.13. The van der Waals surface area contributed by atoms with Crippen molar-refractivity contribution in [1.82, 2.24) is 10.3 Å². The van der Waals surface area contributed by atoms with Gasteiger partial charge in [-0.15, -0.1) is 11.3 Å². The molecule has 0 radical (unpaired) electrons. The first kappa shape index (κ1) is 15.7. The van der Waals surface area contributed by atoms with Crippen LogP contribution in [0.15, 0.2) is 28.2 Å². The highest BCUT2D eigenvalue weighted by Crippen LogP contribution is 2.19. The number of amides is 2. The Hall–Kier alpha value is -2.15. The third kappa shape index (κ3) is 4.41. The standard InChI is InChI=1S/C16H19N3O3S/c20-14(17-11-4-1-2-5-11)8-7-12-10-23-16(18-12)19-15(21)13-6-3-9-22-13/h3,6,9-11H,1-2,4-5,7-8H2,(H,17,20)(H,18,19,21). The summed E-state index contributed by atoms with van der Waals surface area (Å²) in [6.07, 6.45) is 7.03. The summed E-state index contributed by atoms with van der Waals surface area (Å²) >= 11 is 1.34. The average molecular weight is 333 g/mol. The van der Waals surface area contributed by atoms with Gasteiger partial charge in [0.05, 0.1) is 12.0 Å². The molecule has 0 aromatic carbocycles. The molecular weight excluding hydrogens is 314 g/mol. The summed E-state index contributed by atoms with van der Waals surface area (Å²) in [6, 6.07) is 3.60. The van der Waals surface area contributed by atoms with Crippen molar-refractivity contribution in [3.8, 4) is 0 Å². The number of carbonyl (C=O) groups excluding carboxylic acids is 2. The zero-order chi connectivity index (χ0) is 16.1. The van der Waals surface area contributed by atoms with E-state index in [1.807, 2.05) is 5.38 Å². The lowest BCUT2D eigenvalue weighted by molar-refractivity contribution is -0.121. The van der Waals surface area contributed by atoms with Gasteiger partial charge in [0, 0.05) is 17.8 Å². The van der Waals surface area contributed by atoms with Crippen LogP contribution in [0.3, 0.4) is 0 Å². The molecule has 0 bridgehead atoms.